The molecule has 0 spiro atoms. The van der Waals surface area contributed by atoms with E-state index in [1.807, 2.05) is 25.1 Å². The van der Waals surface area contributed by atoms with Crippen LogP contribution in [0.5, 0.6) is 5.75 Å². The second kappa shape index (κ2) is 5.69. The maximum atomic E-state index is 11.2. The van der Waals surface area contributed by atoms with Crippen LogP contribution in [0.1, 0.15) is 12.5 Å². The molecule has 4 nitrogen and oxygen atoms in total. The summed E-state index contributed by atoms with van der Waals surface area (Å²) in [4.78, 5) is 0. The average Bonchev–Trinajstić information content (AvgIpc) is 2.66. The lowest BCUT2D eigenvalue weighted by Crippen LogP contribution is -2.39. The molecule has 1 aromatic carbocycles. The van der Waals surface area contributed by atoms with Crippen molar-refractivity contribution in [1.29, 1.82) is 0 Å². The Kier molecular flexibility index (Phi) is 4.38. The zero-order chi connectivity index (χ0) is 14.0. The van der Waals surface area contributed by atoms with Gasteiger partial charge in [0.05, 0.1) is 5.75 Å². The number of hydrogen-bond donors (Lipinski definition) is 1. The Morgan fingerprint density at radius 3 is 2.95 bits per heavy atom. The zero-order valence-corrected chi connectivity index (χ0v) is 12.6. The number of nitrogens with one attached hydrogen (secondary N) is 1. The van der Waals surface area contributed by atoms with E-state index in [9.17, 15) is 8.42 Å². The Labute approximate surface area is 119 Å². The summed E-state index contributed by atoms with van der Waals surface area (Å²) in [6, 6.07) is 5.52. The summed E-state index contributed by atoms with van der Waals surface area (Å²) in [5.41, 5.74) is 1.11. The maximum absolute atomic E-state index is 11.2. The van der Waals surface area contributed by atoms with Gasteiger partial charge in [0.15, 0.2) is 0 Å². The highest BCUT2D eigenvalue weighted by molar-refractivity contribution is 7.90. The molecular weight excluding hydrogens is 286 g/mol. The number of benzene rings is 1. The van der Waals surface area contributed by atoms with Crippen molar-refractivity contribution in [3.63, 3.8) is 0 Å². The standard InChI is InChI=1S/C13H18ClNO3S/c1-9(8-19(2,16)17)15-7-12-6-10-5-11(14)3-4-13(10)18-12/h3-5,9,12,15H,6-8H2,1-2H3. The van der Waals surface area contributed by atoms with Gasteiger partial charge in [-0.2, -0.15) is 0 Å². The van der Waals surface area contributed by atoms with Crippen LogP contribution in [0.15, 0.2) is 18.2 Å². The van der Waals surface area contributed by atoms with Crippen LogP contribution < -0.4 is 10.1 Å². The predicted octanol–water partition coefficient (Wildman–Crippen LogP) is 1.67. The molecule has 0 saturated heterocycles. The first-order chi connectivity index (χ1) is 8.83. The number of rotatable bonds is 5. The highest BCUT2D eigenvalue weighted by Gasteiger charge is 2.23. The zero-order valence-electron chi connectivity index (χ0n) is 11.0. The van der Waals surface area contributed by atoms with E-state index in [1.165, 1.54) is 6.26 Å². The molecule has 1 aliphatic heterocycles. The lowest BCUT2D eigenvalue weighted by molar-refractivity contribution is 0.224. The minimum absolute atomic E-state index is 0.0375. The van der Waals surface area contributed by atoms with Gasteiger partial charge in [0.2, 0.25) is 0 Å². The number of ether oxygens (including phenoxy) is 1. The van der Waals surface area contributed by atoms with Gasteiger partial charge >= 0.3 is 0 Å². The SMILES string of the molecule is CC(CS(C)(=O)=O)NCC1Cc2cc(Cl)ccc2O1. The summed E-state index contributed by atoms with van der Waals surface area (Å²) < 4.78 is 28.1. The van der Waals surface area contributed by atoms with Crippen LogP contribution in [0.2, 0.25) is 5.02 Å². The quantitative estimate of drug-likeness (QED) is 0.899. The van der Waals surface area contributed by atoms with Gasteiger partial charge < -0.3 is 10.1 Å². The van der Waals surface area contributed by atoms with Crippen molar-refractivity contribution in [1.82, 2.24) is 5.32 Å². The molecule has 0 radical (unpaired) electrons. The number of hydrogen-bond acceptors (Lipinski definition) is 4. The van der Waals surface area contributed by atoms with Crippen molar-refractivity contribution in [3.8, 4) is 5.75 Å². The lowest BCUT2D eigenvalue weighted by atomic mass is 10.1. The highest BCUT2D eigenvalue weighted by Crippen LogP contribution is 2.30. The molecule has 0 amide bonds. The third-order valence-electron chi connectivity index (χ3n) is 3.01. The summed E-state index contributed by atoms with van der Waals surface area (Å²) in [5.74, 6) is 1.00. The Morgan fingerprint density at radius 1 is 1.53 bits per heavy atom. The smallest absolute Gasteiger partial charge is 0.148 e. The summed E-state index contributed by atoms with van der Waals surface area (Å²) in [6.07, 6.45) is 2.08. The molecule has 2 rings (SSSR count). The van der Waals surface area contributed by atoms with E-state index < -0.39 is 9.84 Å². The molecule has 0 fully saturated rings. The first-order valence-electron chi connectivity index (χ1n) is 6.19. The van der Waals surface area contributed by atoms with E-state index in [1.54, 1.807) is 0 Å². The fourth-order valence-corrected chi connectivity index (χ4v) is 3.47. The van der Waals surface area contributed by atoms with Crippen LogP contribution in [-0.4, -0.2) is 39.1 Å². The van der Waals surface area contributed by atoms with Crippen LogP contribution in [-0.2, 0) is 16.3 Å². The largest absolute Gasteiger partial charge is 0.488 e. The summed E-state index contributed by atoms with van der Waals surface area (Å²) in [5, 5.41) is 3.90. The second-order valence-electron chi connectivity index (χ2n) is 5.10. The molecule has 19 heavy (non-hydrogen) atoms. The van der Waals surface area contributed by atoms with Crippen LogP contribution in [0, 0.1) is 0 Å². The summed E-state index contributed by atoms with van der Waals surface area (Å²) >= 11 is 5.93. The Morgan fingerprint density at radius 2 is 2.26 bits per heavy atom. The van der Waals surface area contributed by atoms with Crippen molar-refractivity contribution in [2.75, 3.05) is 18.6 Å². The number of sulfone groups is 1. The second-order valence-corrected chi connectivity index (χ2v) is 7.72. The molecule has 6 heteroatoms. The number of fused-ring (bicyclic) bond motifs is 1. The molecule has 0 aliphatic carbocycles. The van der Waals surface area contributed by atoms with Gasteiger partial charge in [-0.15, -0.1) is 0 Å². The normalized spacial score (nSPS) is 19.8. The molecule has 2 atom stereocenters. The number of halogens is 1. The Bertz CT molecular complexity index is 559. The fourth-order valence-electron chi connectivity index (χ4n) is 2.25. The van der Waals surface area contributed by atoms with E-state index in [-0.39, 0.29) is 17.9 Å². The molecular formula is C13H18ClNO3S. The van der Waals surface area contributed by atoms with E-state index in [2.05, 4.69) is 5.32 Å². The van der Waals surface area contributed by atoms with Crippen molar-refractivity contribution in [2.45, 2.75) is 25.5 Å². The van der Waals surface area contributed by atoms with Gasteiger partial charge in [-0.25, -0.2) is 8.42 Å². The van der Waals surface area contributed by atoms with Gasteiger partial charge in [-0.05, 0) is 30.7 Å². The summed E-state index contributed by atoms with van der Waals surface area (Å²) in [6.45, 7) is 2.49. The molecule has 1 N–H and O–H groups in total. The molecule has 1 aliphatic rings. The molecule has 1 aromatic rings. The van der Waals surface area contributed by atoms with Gasteiger partial charge in [0, 0.05) is 30.3 Å². The molecule has 2 unspecified atom stereocenters. The first-order valence-corrected chi connectivity index (χ1v) is 8.63. The molecule has 106 valence electrons. The van der Waals surface area contributed by atoms with Crippen molar-refractivity contribution < 1.29 is 13.2 Å². The Hall–Kier alpha value is -0.780. The minimum atomic E-state index is -2.95. The predicted molar refractivity (Wildman–Crippen MR) is 76.7 cm³/mol. The molecule has 0 saturated carbocycles. The fraction of sp³-hybridized carbons (Fsp3) is 0.538. The topological polar surface area (TPSA) is 55.4 Å². The van der Waals surface area contributed by atoms with Crippen LogP contribution in [0.25, 0.3) is 0 Å². The third kappa shape index (κ3) is 4.37. The van der Waals surface area contributed by atoms with Gasteiger partial charge in [-0.1, -0.05) is 11.6 Å². The lowest BCUT2D eigenvalue weighted by Gasteiger charge is -2.16. The van der Waals surface area contributed by atoms with E-state index in [4.69, 9.17) is 16.3 Å². The average molecular weight is 304 g/mol. The maximum Gasteiger partial charge on any atom is 0.148 e. The Balaban J connectivity index is 1.84. The third-order valence-corrected chi connectivity index (χ3v) is 4.35. The van der Waals surface area contributed by atoms with Gasteiger partial charge in [0.25, 0.3) is 0 Å². The van der Waals surface area contributed by atoms with E-state index >= 15 is 0 Å². The monoisotopic (exact) mass is 303 g/mol. The van der Waals surface area contributed by atoms with Gasteiger partial charge in [0.1, 0.15) is 21.7 Å². The van der Waals surface area contributed by atoms with Crippen LogP contribution in [0.4, 0.5) is 0 Å². The molecule has 0 bridgehead atoms. The van der Waals surface area contributed by atoms with Crippen molar-refractivity contribution in [3.05, 3.63) is 28.8 Å². The van der Waals surface area contributed by atoms with Crippen molar-refractivity contribution >= 4 is 21.4 Å². The van der Waals surface area contributed by atoms with E-state index in [0.29, 0.717) is 11.6 Å². The minimum Gasteiger partial charge on any atom is -0.488 e. The van der Waals surface area contributed by atoms with Crippen LogP contribution in [0.3, 0.4) is 0 Å². The molecule has 0 aromatic heterocycles. The van der Waals surface area contributed by atoms with Crippen molar-refractivity contribution in [2.24, 2.45) is 0 Å². The highest BCUT2D eigenvalue weighted by atomic mass is 35.5. The first kappa shape index (κ1) is 14.6. The van der Waals surface area contributed by atoms with Crippen LogP contribution >= 0.6 is 11.6 Å². The van der Waals surface area contributed by atoms with Gasteiger partial charge in [-0.3, -0.25) is 0 Å². The summed E-state index contributed by atoms with van der Waals surface area (Å²) in [7, 11) is -2.95. The van der Waals surface area contributed by atoms with E-state index in [0.717, 1.165) is 17.7 Å². The molecule has 1 heterocycles.